The molecule has 0 bridgehead atoms. The van der Waals surface area contributed by atoms with E-state index in [1.165, 1.54) is 6.07 Å². The summed E-state index contributed by atoms with van der Waals surface area (Å²) >= 11 is 0. The van der Waals surface area contributed by atoms with E-state index in [2.05, 4.69) is 5.32 Å². The van der Waals surface area contributed by atoms with Crippen LogP contribution in [0.5, 0.6) is 11.6 Å². The van der Waals surface area contributed by atoms with Crippen molar-refractivity contribution >= 4 is 22.4 Å². The van der Waals surface area contributed by atoms with Crippen LogP contribution in [0, 0.1) is 10.1 Å². The first-order chi connectivity index (χ1) is 16.9. The van der Waals surface area contributed by atoms with Gasteiger partial charge in [-0.15, -0.1) is 4.73 Å². The minimum absolute atomic E-state index is 0.0601. The number of nitro benzene ring substituents is 1. The summed E-state index contributed by atoms with van der Waals surface area (Å²) in [6, 6.07) is 19.4. The molecule has 0 fully saturated rings. The number of nitrogens with zero attached hydrogens (tertiary/aromatic N) is 2. The summed E-state index contributed by atoms with van der Waals surface area (Å²) in [4.78, 5) is 42.4. The zero-order valence-corrected chi connectivity index (χ0v) is 18.6. The van der Waals surface area contributed by atoms with Gasteiger partial charge in [-0.2, -0.15) is 0 Å². The molecule has 178 valence electrons. The number of non-ortho nitro benzene ring substituents is 1. The molecule has 0 saturated carbocycles. The fourth-order valence-corrected chi connectivity index (χ4v) is 3.54. The molecule has 0 radical (unpaired) electrons. The predicted octanol–water partition coefficient (Wildman–Crippen LogP) is 3.18. The molecule has 0 atom stereocenters. The number of aromatic nitrogens is 1. The molecular weight excluding hydrogens is 454 g/mol. The van der Waals surface area contributed by atoms with E-state index in [-0.39, 0.29) is 35.2 Å². The van der Waals surface area contributed by atoms with Crippen molar-refractivity contribution in [3.8, 4) is 11.6 Å². The predicted molar refractivity (Wildman–Crippen MR) is 127 cm³/mol. The number of rotatable bonds is 8. The van der Waals surface area contributed by atoms with Crippen LogP contribution in [0.1, 0.15) is 21.5 Å². The summed E-state index contributed by atoms with van der Waals surface area (Å²) in [5.74, 6) is -0.735. The average Bonchev–Trinajstić information content (AvgIpc) is 2.88. The Kier molecular flexibility index (Phi) is 6.63. The molecule has 0 spiro atoms. The highest BCUT2D eigenvalue weighted by molar-refractivity contribution is 6.09. The molecule has 0 saturated heterocycles. The first-order valence-corrected chi connectivity index (χ1v) is 10.5. The number of carbonyl (C=O) groups is 1. The Bertz CT molecular complexity index is 1450. The number of nitro groups is 1. The fourth-order valence-electron chi connectivity index (χ4n) is 3.54. The zero-order chi connectivity index (χ0) is 24.9. The zero-order valence-electron chi connectivity index (χ0n) is 18.6. The van der Waals surface area contributed by atoms with Gasteiger partial charge in [-0.1, -0.05) is 42.5 Å². The van der Waals surface area contributed by atoms with E-state index in [1.54, 1.807) is 55.6 Å². The highest BCUT2D eigenvalue weighted by Gasteiger charge is 2.24. The third-order valence-corrected chi connectivity index (χ3v) is 5.36. The van der Waals surface area contributed by atoms with E-state index in [1.807, 2.05) is 6.07 Å². The minimum Gasteiger partial charge on any atom is -0.497 e. The molecule has 1 aromatic heterocycles. The van der Waals surface area contributed by atoms with Crippen LogP contribution in [0.15, 0.2) is 77.6 Å². The van der Waals surface area contributed by atoms with Crippen molar-refractivity contribution in [2.24, 2.45) is 0 Å². The number of hydrogen-bond acceptors (Lipinski definition) is 7. The maximum atomic E-state index is 13.1. The van der Waals surface area contributed by atoms with Crippen molar-refractivity contribution in [3.05, 3.63) is 110 Å². The van der Waals surface area contributed by atoms with Gasteiger partial charge in [-0.3, -0.25) is 19.7 Å². The quantitative estimate of drug-likeness (QED) is 0.295. The lowest BCUT2D eigenvalue weighted by molar-refractivity contribution is -0.384. The van der Waals surface area contributed by atoms with Gasteiger partial charge in [0.2, 0.25) is 5.88 Å². The van der Waals surface area contributed by atoms with Crippen LogP contribution in [-0.4, -0.2) is 27.8 Å². The molecule has 3 aromatic carbocycles. The summed E-state index contributed by atoms with van der Waals surface area (Å²) in [7, 11) is 1.55. The van der Waals surface area contributed by atoms with Crippen molar-refractivity contribution < 1.29 is 24.4 Å². The number of ether oxygens (including phenoxy) is 1. The van der Waals surface area contributed by atoms with Gasteiger partial charge in [0.15, 0.2) is 0 Å². The van der Waals surface area contributed by atoms with E-state index in [0.717, 1.165) is 17.7 Å². The lowest BCUT2D eigenvalue weighted by Crippen LogP contribution is -2.31. The molecule has 0 unspecified atom stereocenters. The minimum atomic E-state index is -0.830. The van der Waals surface area contributed by atoms with Crippen LogP contribution < -0.4 is 20.5 Å². The molecule has 0 aliphatic heterocycles. The van der Waals surface area contributed by atoms with Crippen LogP contribution in [-0.2, 0) is 13.2 Å². The van der Waals surface area contributed by atoms with Gasteiger partial charge in [-0.05, 0) is 29.3 Å². The van der Waals surface area contributed by atoms with E-state index < -0.39 is 22.3 Å². The number of carbonyl (C=O) groups excluding carboxylic acids is 1. The van der Waals surface area contributed by atoms with E-state index in [4.69, 9.17) is 9.57 Å². The lowest BCUT2D eigenvalue weighted by Gasteiger charge is -2.16. The van der Waals surface area contributed by atoms with E-state index in [9.17, 15) is 24.8 Å². The molecule has 2 N–H and O–H groups in total. The number of pyridine rings is 1. The topological polar surface area (TPSA) is 133 Å². The number of nitrogens with one attached hydrogen (secondary N) is 1. The number of aromatic hydroxyl groups is 1. The van der Waals surface area contributed by atoms with Crippen LogP contribution in [0.4, 0.5) is 5.69 Å². The Hall–Kier alpha value is -4.86. The van der Waals surface area contributed by atoms with Crippen molar-refractivity contribution in [3.63, 3.8) is 0 Å². The Morgan fingerprint density at radius 2 is 1.74 bits per heavy atom. The first-order valence-electron chi connectivity index (χ1n) is 10.5. The lowest BCUT2D eigenvalue weighted by atomic mass is 10.1. The fraction of sp³-hybridized carbons (Fsp3) is 0.120. The number of amides is 1. The Morgan fingerprint density at radius 3 is 2.40 bits per heavy atom. The molecular formula is C25H21N3O7. The molecule has 4 rings (SSSR count). The maximum Gasteiger partial charge on any atom is 0.294 e. The smallest absolute Gasteiger partial charge is 0.294 e. The summed E-state index contributed by atoms with van der Waals surface area (Å²) in [6.45, 7) is 0.0440. The molecule has 0 aliphatic rings. The first kappa shape index (κ1) is 23.3. The Labute approximate surface area is 199 Å². The van der Waals surface area contributed by atoms with Gasteiger partial charge in [0.25, 0.3) is 17.2 Å². The summed E-state index contributed by atoms with van der Waals surface area (Å²) in [6.07, 6.45) is 0. The van der Waals surface area contributed by atoms with Crippen molar-refractivity contribution in [1.82, 2.24) is 10.0 Å². The van der Waals surface area contributed by atoms with Crippen molar-refractivity contribution in [1.29, 1.82) is 0 Å². The molecule has 4 aromatic rings. The molecule has 10 heteroatoms. The standard InChI is InChI=1S/C25H21N3O7/c1-34-19-10-7-16(8-11-19)14-26-23(29)22-20-12-9-18(28(32)33)13-21(20)24(30)27(25(22)31)35-15-17-5-3-2-4-6-17/h2-13,31H,14-15H2,1H3,(H,26,29). The number of fused-ring (bicyclic) bond motifs is 1. The van der Waals surface area contributed by atoms with Gasteiger partial charge >= 0.3 is 0 Å². The van der Waals surface area contributed by atoms with Gasteiger partial charge < -0.3 is 20.0 Å². The maximum absolute atomic E-state index is 13.1. The van der Waals surface area contributed by atoms with Crippen molar-refractivity contribution in [2.75, 3.05) is 7.11 Å². The molecule has 1 amide bonds. The Morgan fingerprint density at radius 1 is 1.03 bits per heavy atom. The normalized spacial score (nSPS) is 10.7. The van der Waals surface area contributed by atoms with E-state index >= 15 is 0 Å². The van der Waals surface area contributed by atoms with E-state index in [0.29, 0.717) is 16.0 Å². The average molecular weight is 475 g/mol. The second kappa shape index (κ2) is 9.96. The van der Waals surface area contributed by atoms with Gasteiger partial charge in [0.05, 0.1) is 17.4 Å². The van der Waals surface area contributed by atoms with Gasteiger partial charge in [-0.25, -0.2) is 0 Å². The third-order valence-electron chi connectivity index (χ3n) is 5.36. The summed E-state index contributed by atoms with van der Waals surface area (Å²) in [5, 5.41) is 24.8. The monoisotopic (exact) mass is 475 g/mol. The van der Waals surface area contributed by atoms with Gasteiger partial charge in [0, 0.05) is 24.1 Å². The van der Waals surface area contributed by atoms with Crippen LogP contribution in [0.2, 0.25) is 0 Å². The SMILES string of the molecule is COc1ccc(CNC(=O)c2c(O)n(OCc3ccccc3)c(=O)c3cc([N+](=O)[O-])ccc23)cc1. The largest absolute Gasteiger partial charge is 0.497 e. The second-order valence-corrected chi connectivity index (χ2v) is 7.57. The second-order valence-electron chi connectivity index (χ2n) is 7.57. The number of methoxy groups -OCH3 is 1. The third kappa shape index (κ3) is 4.91. The van der Waals surface area contributed by atoms with Crippen molar-refractivity contribution in [2.45, 2.75) is 13.2 Å². The highest BCUT2D eigenvalue weighted by atomic mass is 16.7. The highest BCUT2D eigenvalue weighted by Crippen LogP contribution is 2.27. The molecule has 0 aliphatic carbocycles. The summed E-state index contributed by atoms with van der Waals surface area (Å²) in [5.41, 5.74) is 0.0788. The molecule has 1 heterocycles. The van der Waals surface area contributed by atoms with Crippen LogP contribution in [0.3, 0.4) is 0 Å². The molecule has 10 nitrogen and oxygen atoms in total. The molecule has 35 heavy (non-hydrogen) atoms. The van der Waals surface area contributed by atoms with Gasteiger partial charge in [0.1, 0.15) is 17.9 Å². The Balaban J connectivity index is 1.73. The number of benzene rings is 3. The number of hydrogen-bond donors (Lipinski definition) is 2. The summed E-state index contributed by atoms with van der Waals surface area (Å²) < 4.78 is 5.70. The van der Waals surface area contributed by atoms with Crippen LogP contribution >= 0.6 is 0 Å². The van der Waals surface area contributed by atoms with Crippen LogP contribution in [0.25, 0.3) is 10.8 Å².